The van der Waals surface area contributed by atoms with E-state index in [2.05, 4.69) is 32.6 Å². The second-order valence-electron chi connectivity index (χ2n) is 2.52. The van der Waals surface area contributed by atoms with Crippen LogP contribution in [0.2, 0.25) is 5.15 Å². The average molecular weight is 283 g/mol. The fourth-order valence-electron chi connectivity index (χ4n) is 0.637. The summed E-state index contributed by atoms with van der Waals surface area (Å²) in [6.45, 7) is 4.08. The maximum atomic E-state index is 5.80. The molecule has 0 N–H and O–H groups in total. The minimum Gasteiger partial charge on any atom is -0.240 e. The molecule has 0 aliphatic carbocycles. The molecule has 0 saturated carbocycles. The molecule has 2 nitrogen and oxygen atoms in total. The van der Waals surface area contributed by atoms with Crippen LogP contribution in [0.3, 0.4) is 0 Å². The lowest BCUT2D eigenvalue weighted by molar-refractivity contribution is 0.772. The van der Waals surface area contributed by atoms with Gasteiger partial charge in [0, 0.05) is 12.1 Å². The first-order chi connectivity index (χ1) is 5.11. The molecule has 0 unspecified atom stereocenters. The van der Waals surface area contributed by atoms with Crippen molar-refractivity contribution in [3.63, 3.8) is 0 Å². The van der Waals surface area contributed by atoms with E-state index in [1.807, 2.05) is 13.8 Å². The maximum absolute atomic E-state index is 5.80. The molecule has 0 atom stereocenters. The fraction of sp³-hybridized carbons (Fsp3) is 0.429. The molecule has 0 fully saturated rings. The third kappa shape index (κ3) is 2.27. The van der Waals surface area contributed by atoms with Gasteiger partial charge in [0.2, 0.25) is 0 Å². The summed E-state index contributed by atoms with van der Waals surface area (Å²) in [5, 5.41) is 0.546. The Labute approximate surface area is 84.5 Å². The second kappa shape index (κ2) is 3.67. The van der Waals surface area contributed by atoms with Gasteiger partial charge in [-0.05, 0) is 22.6 Å². The molecule has 60 valence electrons. The summed E-state index contributed by atoms with van der Waals surface area (Å²) in [6, 6.07) is 0. The SMILES string of the molecule is CC(C)c1ncc(I)c(Cl)n1. The topological polar surface area (TPSA) is 25.8 Å². The summed E-state index contributed by atoms with van der Waals surface area (Å²) >= 11 is 7.91. The van der Waals surface area contributed by atoms with Crippen LogP contribution in [0.5, 0.6) is 0 Å². The van der Waals surface area contributed by atoms with Crippen molar-refractivity contribution in [2.45, 2.75) is 19.8 Å². The van der Waals surface area contributed by atoms with Crippen molar-refractivity contribution in [3.05, 3.63) is 20.7 Å². The Bertz CT molecular complexity index is 263. The quantitative estimate of drug-likeness (QED) is 0.585. The number of halogens is 2. The van der Waals surface area contributed by atoms with Gasteiger partial charge in [-0.3, -0.25) is 0 Å². The lowest BCUT2D eigenvalue weighted by atomic mass is 10.2. The Hall–Kier alpha value is 0.1000. The Morgan fingerprint density at radius 3 is 2.64 bits per heavy atom. The van der Waals surface area contributed by atoms with Crippen LogP contribution in [0.15, 0.2) is 6.20 Å². The van der Waals surface area contributed by atoms with E-state index in [1.54, 1.807) is 6.20 Å². The van der Waals surface area contributed by atoms with E-state index in [1.165, 1.54) is 0 Å². The van der Waals surface area contributed by atoms with Gasteiger partial charge in [-0.15, -0.1) is 0 Å². The van der Waals surface area contributed by atoms with Gasteiger partial charge in [0.25, 0.3) is 0 Å². The van der Waals surface area contributed by atoms with E-state index in [9.17, 15) is 0 Å². The van der Waals surface area contributed by atoms with Crippen molar-refractivity contribution in [1.29, 1.82) is 0 Å². The average Bonchev–Trinajstić information content (AvgIpc) is 1.94. The first kappa shape index (κ1) is 9.19. The monoisotopic (exact) mass is 282 g/mol. The van der Waals surface area contributed by atoms with E-state index < -0.39 is 0 Å². The van der Waals surface area contributed by atoms with Crippen molar-refractivity contribution >= 4 is 34.2 Å². The first-order valence-electron chi connectivity index (χ1n) is 3.29. The zero-order valence-corrected chi connectivity index (χ0v) is 9.22. The van der Waals surface area contributed by atoms with Gasteiger partial charge >= 0.3 is 0 Å². The molecule has 1 aromatic heterocycles. The van der Waals surface area contributed by atoms with Gasteiger partial charge in [-0.2, -0.15) is 0 Å². The molecular weight excluding hydrogens is 274 g/mol. The first-order valence-corrected chi connectivity index (χ1v) is 4.75. The molecule has 1 rings (SSSR count). The molecular formula is C7H8ClIN2. The van der Waals surface area contributed by atoms with Gasteiger partial charge in [0.1, 0.15) is 11.0 Å². The van der Waals surface area contributed by atoms with Crippen LogP contribution in [0.4, 0.5) is 0 Å². The minimum absolute atomic E-state index is 0.337. The predicted octanol–water partition coefficient (Wildman–Crippen LogP) is 2.86. The van der Waals surface area contributed by atoms with E-state index in [0.29, 0.717) is 11.1 Å². The molecule has 0 aliphatic rings. The number of nitrogens with zero attached hydrogens (tertiary/aromatic N) is 2. The molecule has 0 saturated heterocycles. The van der Waals surface area contributed by atoms with Crippen molar-refractivity contribution in [2.75, 3.05) is 0 Å². The zero-order valence-electron chi connectivity index (χ0n) is 6.31. The molecule has 4 heteroatoms. The Morgan fingerprint density at radius 1 is 1.55 bits per heavy atom. The standard InChI is InChI=1S/C7H8ClIN2/c1-4(2)7-10-3-5(9)6(8)11-7/h3-4H,1-2H3. The van der Waals surface area contributed by atoms with Crippen molar-refractivity contribution in [1.82, 2.24) is 9.97 Å². The molecule has 0 radical (unpaired) electrons. The van der Waals surface area contributed by atoms with Crippen molar-refractivity contribution in [3.8, 4) is 0 Å². The minimum atomic E-state index is 0.337. The Morgan fingerprint density at radius 2 is 2.18 bits per heavy atom. The van der Waals surface area contributed by atoms with E-state index in [-0.39, 0.29) is 0 Å². The maximum Gasteiger partial charge on any atom is 0.146 e. The van der Waals surface area contributed by atoms with Crippen LogP contribution in [-0.2, 0) is 0 Å². The summed E-state index contributed by atoms with van der Waals surface area (Å²) in [6.07, 6.45) is 1.74. The van der Waals surface area contributed by atoms with Crippen LogP contribution in [0.1, 0.15) is 25.6 Å². The molecule has 0 spiro atoms. The van der Waals surface area contributed by atoms with Gasteiger partial charge in [0.15, 0.2) is 0 Å². The highest BCUT2D eigenvalue weighted by atomic mass is 127. The summed E-state index contributed by atoms with van der Waals surface area (Å²) in [5.41, 5.74) is 0. The summed E-state index contributed by atoms with van der Waals surface area (Å²) in [5.74, 6) is 1.14. The molecule has 1 heterocycles. The highest BCUT2D eigenvalue weighted by Gasteiger charge is 2.04. The van der Waals surface area contributed by atoms with Gasteiger partial charge in [-0.25, -0.2) is 9.97 Å². The third-order valence-electron chi connectivity index (χ3n) is 1.24. The molecule has 11 heavy (non-hydrogen) atoms. The van der Waals surface area contributed by atoms with E-state index in [4.69, 9.17) is 11.6 Å². The Balaban J connectivity index is 3.05. The van der Waals surface area contributed by atoms with Gasteiger partial charge in [0.05, 0.1) is 3.57 Å². The van der Waals surface area contributed by atoms with Gasteiger partial charge < -0.3 is 0 Å². The third-order valence-corrected chi connectivity index (χ3v) is 2.63. The highest BCUT2D eigenvalue weighted by Crippen LogP contribution is 2.17. The van der Waals surface area contributed by atoms with Crippen LogP contribution in [0, 0.1) is 3.57 Å². The molecule has 1 aromatic rings. The molecule has 0 aromatic carbocycles. The number of rotatable bonds is 1. The highest BCUT2D eigenvalue weighted by molar-refractivity contribution is 14.1. The second-order valence-corrected chi connectivity index (χ2v) is 4.04. The molecule has 0 aliphatic heterocycles. The lowest BCUT2D eigenvalue weighted by Gasteiger charge is -2.02. The number of hydrogen-bond acceptors (Lipinski definition) is 2. The van der Waals surface area contributed by atoms with Crippen LogP contribution >= 0.6 is 34.2 Å². The fourth-order valence-corrected chi connectivity index (χ4v) is 1.03. The van der Waals surface area contributed by atoms with Crippen LogP contribution in [0.25, 0.3) is 0 Å². The van der Waals surface area contributed by atoms with E-state index >= 15 is 0 Å². The Kier molecular flexibility index (Phi) is 3.06. The van der Waals surface area contributed by atoms with Crippen LogP contribution < -0.4 is 0 Å². The predicted molar refractivity (Wildman–Crippen MR) is 53.8 cm³/mol. The van der Waals surface area contributed by atoms with Crippen molar-refractivity contribution in [2.24, 2.45) is 0 Å². The summed E-state index contributed by atoms with van der Waals surface area (Å²) in [7, 11) is 0. The van der Waals surface area contributed by atoms with Gasteiger partial charge in [-0.1, -0.05) is 25.4 Å². The van der Waals surface area contributed by atoms with E-state index in [0.717, 1.165) is 9.39 Å². The number of aromatic nitrogens is 2. The molecule has 0 bridgehead atoms. The summed E-state index contributed by atoms with van der Waals surface area (Å²) < 4.78 is 0.897. The largest absolute Gasteiger partial charge is 0.240 e. The van der Waals surface area contributed by atoms with Crippen LogP contribution in [-0.4, -0.2) is 9.97 Å². The smallest absolute Gasteiger partial charge is 0.146 e. The zero-order chi connectivity index (χ0) is 8.43. The normalized spacial score (nSPS) is 10.6. The lowest BCUT2D eigenvalue weighted by Crippen LogP contribution is -1.97. The number of hydrogen-bond donors (Lipinski definition) is 0. The van der Waals surface area contributed by atoms with Crippen molar-refractivity contribution < 1.29 is 0 Å². The molecule has 0 amide bonds. The summed E-state index contributed by atoms with van der Waals surface area (Å²) in [4.78, 5) is 8.25.